The predicted octanol–water partition coefficient (Wildman–Crippen LogP) is 4.44. The fourth-order valence-corrected chi connectivity index (χ4v) is 5.11. The molecule has 0 unspecified atom stereocenters. The summed E-state index contributed by atoms with van der Waals surface area (Å²) in [6, 6.07) is 11.7. The van der Waals surface area contributed by atoms with Gasteiger partial charge in [-0.15, -0.1) is 11.3 Å². The van der Waals surface area contributed by atoms with Crippen molar-refractivity contribution >= 4 is 28.1 Å². The molecule has 1 aliphatic rings. The van der Waals surface area contributed by atoms with Crippen molar-refractivity contribution in [3.8, 4) is 27.8 Å². The van der Waals surface area contributed by atoms with E-state index >= 15 is 0 Å². The van der Waals surface area contributed by atoms with Crippen LogP contribution in [0.2, 0.25) is 0 Å². The number of hydrogen-bond donors (Lipinski definition) is 1. The van der Waals surface area contributed by atoms with Gasteiger partial charge in [0.15, 0.2) is 11.5 Å². The monoisotopic (exact) mass is 463 g/mol. The van der Waals surface area contributed by atoms with Gasteiger partial charge >= 0.3 is 0 Å². The van der Waals surface area contributed by atoms with Crippen LogP contribution >= 0.6 is 11.3 Å². The minimum absolute atomic E-state index is 0.0852. The maximum Gasteiger partial charge on any atom is 0.228 e. The summed E-state index contributed by atoms with van der Waals surface area (Å²) in [5, 5.41) is 3.92. The molecule has 7 nitrogen and oxygen atoms in total. The van der Waals surface area contributed by atoms with Gasteiger partial charge in [0, 0.05) is 52.6 Å². The molecule has 0 aliphatic carbocycles. The van der Waals surface area contributed by atoms with Gasteiger partial charge in [-0.1, -0.05) is 0 Å². The number of carbonyl (C=O) groups excluding carboxylic acids is 1. The van der Waals surface area contributed by atoms with Crippen molar-refractivity contribution in [2.45, 2.75) is 19.4 Å². The molecule has 1 aliphatic heterocycles. The summed E-state index contributed by atoms with van der Waals surface area (Å²) in [6.45, 7) is 1.29. The average Bonchev–Trinajstić information content (AvgIpc) is 3.47. The third kappa shape index (κ3) is 4.02. The second-order valence-electron chi connectivity index (χ2n) is 7.95. The standard InChI is InChI=1S/C25H25N3O4S/c1-30-17-5-6-20-18(12-17)19-13-28(9-8-21(19)27-20)24(29)11-16-14-33-25(26-16)15-4-7-22(31-2)23(10-15)32-3/h4-7,10,12,14,27H,8-9,11,13H2,1-3H3. The smallest absolute Gasteiger partial charge is 0.228 e. The number of fused-ring (bicyclic) bond motifs is 3. The number of benzene rings is 2. The van der Waals surface area contributed by atoms with Crippen LogP contribution in [0, 0.1) is 0 Å². The van der Waals surface area contributed by atoms with Crippen molar-refractivity contribution in [2.24, 2.45) is 0 Å². The summed E-state index contributed by atoms with van der Waals surface area (Å²) >= 11 is 1.52. The second kappa shape index (κ2) is 8.78. The predicted molar refractivity (Wildman–Crippen MR) is 128 cm³/mol. The normalized spacial score (nSPS) is 13.1. The number of nitrogens with one attached hydrogen (secondary N) is 1. The van der Waals surface area contributed by atoms with E-state index in [1.165, 1.54) is 22.6 Å². The molecule has 1 N–H and O–H groups in total. The zero-order valence-electron chi connectivity index (χ0n) is 18.8. The van der Waals surface area contributed by atoms with E-state index in [-0.39, 0.29) is 12.3 Å². The molecule has 1 amide bonds. The summed E-state index contributed by atoms with van der Waals surface area (Å²) in [4.78, 5) is 23.2. The molecule has 0 bridgehead atoms. The van der Waals surface area contributed by atoms with E-state index in [2.05, 4.69) is 4.98 Å². The summed E-state index contributed by atoms with van der Waals surface area (Å²) in [5.74, 6) is 2.23. The van der Waals surface area contributed by atoms with E-state index in [9.17, 15) is 4.79 Å². The van der Waals surface area contributed by atoms with Gasteiger partial charge < -0.3 is 24.1 Å². The molecular weight excluding hydrogens is 438 g/mol. The molecular formula is C25H25N3O4S. The maximum absolute atomic E-state index is 13.1. The first kappa shape index (κ1) is 21.3. The lowest BCUT2D eigenvalue weighted by molar-refractivity contribution is -0.131. The van der Waals surface area contributed by atoms with E-state index in [1.807, 2.05) is 46.7 Å². The summed E-state index contributed by atoms with van der Waals surface area (Å²) in [7, 11) is 4.89. The van der Waals surface area contributed by atoms with Gasteiger partial charge in [0.2, 0.25) is 5.91 Å². The molecule has 0 atom stereocenters. The number of methoxy groups -OCH3 is 3. The molecule has 33 heavy (non-hydrogen) atoms. The minimum atomic E-state index is 0.0852. The lowest BCUT2D eigenvalue weighted by Gasteiger charge is -2.27. The molecule has 4 aromatic rings. The first-order valence-corrected chi connectivity index (χ1v) is 11.6. The lowest BCUT2D eigenvalue weighted by Crippen LogP contribution is -2.36. The van der Waals surface area contributed by atoms with Crippen LogP contribution in [0.25, 0.3) is 21.5 Å². The van der Waals surface area contributed by atoms with Gasteiger partial charge in [-0.05, 0) is 36.4 Å². The number of amides is 1. The Morgan fingerprint density at radius 2 is 1.94 bits per heavy atom. The highest BCUT2D eigenvalue weighted by molar-refractivity contribution is 7.13. The number of rotatable bonds is 6. The highest BCUT2D eigenvalue weighted by Gasteiger charge is 2.25. The van der Waals surface area contributed by atoms with E-state index in [1.54, 1.807) is 21.3 Å². The summed E-state index contributed by atoms with van der Waals surface area (Å²) in [5.41, 5.74) is 5.17. The molecule has 2 aromatic carbocycles. The highest BCUT2D eigenvalue weighted by Crippen LogP contribution is 2.34. The number of carbonyl (C=O) groups is 1. The van der Waals surface area contributed by atoms with Crippen molar-refractivity contribution in [1.29, 1.82) is 0 Å². The fourth-order valence-electron chi connectivity index (χ4n) is 4.29. The van der Waals surface area contributed by atoms with Crippen molar-refractivity contribution in [3.05, 3.63) is 58.7 Å². The van der Waals surface area contributed by atoms with E-state index in [0.717, 1.165) is 39.3 Å². The number of aromatic amines is 1. The van der Waals surface area contributed by atoms with Crippen LogP contribution < -0.4 is 14.2 Å². The number of ether oxygens (including phenoxy) is 3. The Kier molecular flexibility index (Phi) is 5.68. The Morgan fingerprint density at radius 1 is 1.09 bits per heavy atom. The van der Waals surface area contributed by atoms with E-state index < -0.39 is 0 Å². The molecule has 3 heterocycles. The Labute approximate surface area is 195 Å². The topological polar surface area (TPSA) is 76.7 Å². The van der Waals surface area contributed by atoms with Crippen molar-refractivity contribution < 1.29 is 19.0 Å². The minimum Gasteiger partial charge on any atom is -0.497 e. The Balaban J connectivity index is 1.32. The zero-order chi connectivity index (χ0) is 22.9. The molecule has 0 spiro atoms. The van der Waals surface area contributed by atoms with Crippen LogP contribution in [0.1, 0.15) is 17.0 Å². The second-order valence-corrected chi connectivity index (χ2v) is 8.81. The quantitative estimate of drug-likeness (QED) is 0.457. The van der Waals surface area contributed by atoms with Crippen LogP contribution in [0.3, 0.4) is 0 Å². The Bertz CT molecular complexity index is 1330. The fraction of sp³-hybridized carbons (Fsp3) is 0.280. The molecule has 170 valence electrons. The maximum atomic E-state index is 13.1. The van der Waals surface area contributed by atoms with Crippen LogP contribution in [0.5, 0.6) is 17.2 Å². The molecule has 0 saturated carbocycles. The Hall–Kier alpha value is -3.52. The SMILES string of the molecule is COc1ccc2[nH]c3c(c2c1)CN(C(=O)Cc1csc(-c2ccc(OC)c(OC)c2)n1)CC3. The van der Waals surface area contributed by atoms with Crippen LogP contribution in [0.4, 0.5) is 0 Å². The molecule has 8 heteroatoms. The van der Waals surface area contributed by atoms with Crippen molar-refractivity contribution in [1.82, 2.24) is 14.9 Å². The first-order valence-electron chi connectivity index (χ1n) is 10.7. The van der Waals surface area contributed by atoms with Crippen LogP contribution in [0.15, 0.2) is 41.8 Å². The van der Waals surface area contributed by atoms with Gasteiger partial charge in [-0.2, -0.15) is 0 Å². The number of thiazole rings is 1. The van der Waals surface area contributed by atoms with Crippen LogP contribution in [-0.4, -0.2) is 48.6 Å². The van der Waals surface area contributed by atoms with Gasteiger partial charge in [0.25, 0.3) is 0 Å². The van der Waals surface area contributed by atoms with Crippen LogP contribution in [-0.2, 0) is 24.2 Å². The number of nitrogens with zero attached hydrogens (tertiary/aromatic N) is 2. The van der Waals surface area contributed by atoms with E-state index in [4.69, 9.17) is 19.2 Å². The zero-order valence-corrected chi connectivity index (χ0v) is 19.6. The largest absolute Gasteiger partial charge is 0.497 e. The van der Waals surface area contributed by atoms with Gasteiger partial charge in [-0.25, -0.2) is 4.98 Å². The molecule has 5 rings (SSSR count). The van der Waals surface area contributed by atoms with E-state index in [0.29, 0.717) is 24.6 Å². The third-order valence-electron chi connectivity index (χ3n) is 6.05. The highest BCUT2D eigenvalue weighted by atomic mass is 32.1. The lowest BCUT2D eigenvalue weighted by atomic mass is 10.0. The summed E-state index contributed by atoms with van der Waals surface area (Å²) in [6.07, 6.45) is 1.09. The number of H-pyrrole nitrogens is 1. The van der Waals surface area contributed by atoms with Gasteiger partial charge in [-0.3, -0.25) is 4.79 Å². The van der Waals surface area contributed by atoms with Crippen molar-refractivity contribution in [2.75, 3.05) is 27.9 Å². The van der Waals surface area contributed by atoms with Gasteiger partial charge in [0.1, 0.15) is 10.8 Å². The molecule has 0 radical (unpaired) electrons. The van der Waals surface area contributed by atoms with Gasteiger partial charge in [0.05, 0.1) is 33.4 Å². The molecule has 0 fully saturated rings. The number of hydrogen-bond acceptors (Lipinski definition) is 6. The third-order valence-corrected chi connectivity index (χ3v) is 6.99. The Morgan fingerprint density at radius 3 is 2.73 bits per heavy atom. The first-order chi connectivity index (χ1) is 16.1. The average molecular weight is 464 g/mol. The summed E-state index contributed by atoms with van der Waals surface area (Å²) < 4.78 is 16.1. The molecule has 2 aromatic heterocycles. The molecule has 0 saturated heterocycles. The number of aromatic nitrogens is 2. The van der Waals surface area contributed by atoms with Crippen molar-refractivity contribution in [3.63, 3.8) is 0 Å².